The van der Waals surface area contributed by atoms with Crippen LogP contribution in [0.1, 0.15) is 37.1 Å². The van der Waals surface area contributed by atoms with E-state index in [0.29, 0.717) is 13.1 Å². The highest BCUT2D eigenvalue weighted by molar-refractivity contribution is 7.10. The number of hydrogen-bond acceptors (Lipinski definition) is 4. The Kier molecular flexibility index (Phi) is 4.85. The highest BCUT2D eigenvalue weighted by Gasteiger charge is 2.29. The number of nitrogens with one attached hydrogen (secondary N) is 1. The van der Waals surface area contributed by atoms with Gasteiger partial charge >= 0.3 is 5.97 Å². The van der Waals surface area contributed by atoms with E-state index < -0.39 is 17.4 Å². The number of nitrogens with zero attached hydrogens (tertiary/aromatic N) is 1. The highest BCUT2D eigenvalue weighted by atomic mass is 32.1. The van der Waals surface area contributed by atoms with Crippen LogP contribution in [0, 0.1) is 0 Å². The summed E-state index contributed by atoms with van der Waals surface area (Å²) in [5.41, 5.74) is -0.141. The molecule has 0 bridgehead atoms. The quantitative estimate of drug-likeness (QED) is 0.857. The van der Waals surface area contributed by atoms with Gasteiger partial charge in [0.05, 0.1) is 0 Å². The van der Waals surface area contributed by atoms with Crippen molar-refractivity contribution in [3.05, 3.63) is 21.9 Å². The Morgan fingerprint density at radius 2 is 2.09 bits per heavy atom. The van der Waals surface area contributed by atoms with Crippen LogP contribution >= 0.6 is 11.3 Å². The third kappa shape index (κ3) is 3.85. The summed E-state index contributed by atoms with van der Waals surface area (Å²) in [6.07, 6.45) is 0.959. The average Bonchev–Trinajstić information content (AvgIpc) is 2.91. The number of aliphatic carboxylic acids is 1. The fourth-order valence-electron chi connectivity index (χ4n) is 2.30. The molecule has 7 heteroatoms. The van der Waals surface area contributed by atoms with Crippen LogP contribution in [-0.2, 0) is 27.3 Å². The number of rotatable bonds is 5. The summed E-state index contributed by atoms with van der Waals surface area (Å²) in [6.45, 7) is 4.10. The normalized spacial score (nSPS) is 14.4. The summed E-state index contributed by atoms with van der Waals surface area (Å²) < 4.78 is 0. The topological polar surface area (TPSA) is 86.7 Å². The standard InChI is InChI=1S/C15H20N2O4S/c1-15(2,14(20)21)16-12(18)3-4-13(19)17-7-5-11-10(9-17)6-8-22-11/h6,8H,3-5,7,9H2,1-2H3,(H,16,18)(H,20,21). The van der Waals surface area contributed by atoms with Crippen molar-refractivity contribution in [3.63, 3.8) is 0 Å². The molecule has 22 heavy (non-hydrogen) atoms. The Morgan fingerprint density at radius 1 is 1.36 bits per heavy atom. The maximum absolute atomic E-state index is 12.2. The van der Waals surface area contributed by atoms with E-state index in [1.165, 1.54) is 24.3 Å². The monoisotopic (exact) mass is 324 g/mol. The SMILES string of the molecule is CC(C)(NC(=O)CCC(=O)N1CCc2sccc2C1)C(=O)O. The predicted molar refractivity (Wildman–Crippen MR) is 82.5 cm³/mol. The maximum Gasteiger partial charge on any atom is 0.328 e. The molecule has 0 unspecified atom stereocenters. The Morgan fingerprint density at radius 3 is 2.77 bits per heavy atom. The molecule has 0 fully saturated rings. The number of carboxylic acids is 1. The third-order valence-electron chi connectivity index (χ3n) is 3.71. The van der Waals surface area contributed by atoms with E-state index in [1.807, 2.05) is 11.4 Å². The fourth-order valence-corrected chi connectivity index (χ4v) is 3.19. The molecule has 0 saturated heterocycles. The van der Waals surface area contributed by atoms with Crippen LogP contribution in [0.5, 0.6) is 0 Å². The van der Waals surface area contributed by atoms with Crippen LogP contribution in [-0.4, -0.2) is 39.9 Å². The van der Waals surface area contributed by atoms with Crippen molar-refractivity contribution < 1.29 is 19.5 Å². The molecule has 1 aliphatic heterocycles. The average molecular weight is 324 g/mol. The van der Waals surface area contributed by atoms with Crippen molar-refractivity contribution in [2.75, 3.05) is 6.54 Å². The molecule has 0 spiro atoms. The zero-order valence-corrected chi connectivity index (χ0v) is 13.5. The molecule has 120 valence electrons. The molecule has 1 aromatic rings. The molecule has 2 amide bonds. The molecule has 1 aliphatic rings. The van der Waals surface area contributed by atoms with Gasteiger partial charge in [-0.15, -0.1) is 11.3 Å². The van der Waals surface area contributed by atoms with E-state index >= 15 is 0 Å². The molecular formula is C15H20N2O4S. The molecule has 0 aromatic carbocycles. The zero-order chi connectivity index (χ0) is 16.3. The molecule has 0 saturated carbocycles. The lowest BCUT2D eigenvalue weighted by Gasteiger charge is -2.27. The summed E-state index contributed by atoms with van der Waals surface area (Å²) in [6, 6.07) is 2.03. The Labute approximate surface area is 133 Å². The molecule has 2 rings (SSSR count). The van der Waals surface area contributed by atoms with E-state index in [9.17, 15) is 14.4 Å². The molecule has 0 atom stereocenters. The summed E-state index contributed by atoms with van der Waals surface area (Å²) in [4.78, 5) is 38.0. The van der Waals surface area contributed by atoms with Crippen LogP contribution in [0.25, 0.3) is 0 Å². The van der Waals surface area contributed by atoms with Crippen molar-refractivity contribution in [1.29, 1.82) is 0 Å². The molecule has 0 aliphatic carbocycles. The second-order valence-corrected chi connectivity index (χ2v) is 6.91. The summed E-state index contributed by atoms with van der Waals surface area (Å²) >= 11 is 1.71. The molecular weight excluding hydrogens is 304 g/mol. The minimum Gasteiger partial charge on any atom is -0.480 e. The highest BCUT2D eigenvalue weighted by Crippen LogP contribution is 2.24. The van der Waals surface area contributed by atoms with Gasteiger partial charge in [0, 0.05) is 30.8 Å². The minimum atomic E-state index is -1.32. The van der Waals surface area contributed by atoms with Gasteiger partial charge in [-0.25, -0.2) is 4.79 Å². The van der Waals surface area contributed by atoms with E-state index in [-0.39, 0.29) is 18.7 Å². The summed E-state index contributed by atoms with van der Waals surface area (Å²) in [5.74, 6) is -1.60. The van der Waals surface area contributed by atoms with Crippen molar-refractivity contribution >= 4 is 29.1 Å². The first-order valence-corrected chi connectivity index (χ1v) is 8.05. The number of carbonyl (C=O) groups is 3. The second-order valence-electron chi connectivity index (χ2n) is 5.91. The van der Waals surface area contributed by atoms with Crippen LogP contribution in [0.4, 0.5) is 0 Å². The Bertz CT molecular complexity index is 594. The van der Waals surface area contributed by atoms with Crippen molar-refractivity contribution in [2.24, 2.45) is 0 Å². The number of hydrogen-bond donors (Lipinski definition) is 2. The van der Waals surface area contributed by atoms with Crippen LogP contribution in [0.3, 0.4) is 0 Å². The summed E-state index contributed by atoms with van der Waals surface area (Å²) in [7, 11) is 0. The molecule has 2 N–H and O–H groups in total. The molecule has 6 nitrogen and oxygen atoms in total. The first-order chi connectivity index (χ1) is 10.3. The van der Waals surface area contributed by atoms with E-state index in [0.717, 1.165) is 6.42 Å². The van der Waals surface area contributed by atoms with Gasteiger partial charge in [-0.1, -0.05) is 0 Å². The van der Waals surface area contributed by atoms with Gasteiger partial charge in [0.15, 0.2) is 0 Å². The molecule has 2 heterocycles. The lowest BCUT2D eigenvalue weighted by Crippen LogP contribution is -2.49. The van der Waals surface area contributed by atoms with E-state index in [2.05, 4.69) is 5.32 Å². The maximum atomic E-state index is 12.2. The van der Waals surface area contributed by atoms with Crippen LogP contribution in [0.2, 0.25) is 0 Å². The Hall–Kier alpha value is -1.89. The van der Waals surface area contributed by atoms with Crippen LogP contribution < -0.4 is 5.32 Å². The lowest BCUT2D eigenvalue weighted by molar-refractivity contribution is -0.146. The van der Waals surface area contributed by atoms with Gasteiger partial charge in [0.1, 0.15) is 5.54 Å². The van der Waals surface area contributed by atoms with Crippen molar-refractivity contribution in [1.82, 2.24) is 10.2 Å². The van der Waals surface area contributed by atoms with Gasteiger partial charge in [0.25, 0.3) is 0 Å². The number of fused-ring (bicyclic) bond motifs is 1. The van der Waals surface area contributed by atoms with Crippen LogP contribution in [0.15, 0.2) is 11.4 Å². The zero-order valence-electron chi connectivity index (χ0n) is 12.7. The number of carboxylic acid groups (broad SMARTS) is 1. The summed E-state index contributed by atoms with van der Waals surface area (Å²) in [5, 5.41) is 13.4. The third-order valence-corrected chi connectivity index (χ3v) is 4.74. The van der Waals surface area contributed by atoms with Gasteiger partial charge in [-0.05, 0) is 37.3 Å². The fraction of sp³-hybridized carbons (Fsp3) is 0.533. The smallest absolute Gasteiger partial charge is 0.328 e. The Balaban J connectivity index is 1.81. The van der Waals surface area contributed by atoms with E-state index in [1.54, 1.807) is 16.2 Å². The number of carbonyl (C=O) groups excluding carboxylic acids is 2. The van der Waals surface area contributed by atoms with Gasteiger partial charge in [0.2, 0.25) is 11.8 Å². The first-order valence-electron chi connectivity index (χ1n) is 7.17. The van der Waals surface area contributed by atoms with Gasteiger partial charge in [-0.2, -0.15) is 0 Å². The lowest BCUT2D eigenvalue weighted by atomic mass is 10.1. The predicted octanol–water partition coefficient (Wildman–Crippen LogP) is 1.39. The minimum absolute atomic E-state index is 0.00252. The van der Waals surface area contributed by atoms with Crippen molar-refractivity contribution in [2.45, 2.75) is 45.2 Å². The molecule has 1 aromatic heterocycles. The largest absolute Gasteiger partial charge is 0.480 e. The van der Waals surface area contributed by atoms with Gasteiger partial charge < -0.3 is 15.3 Å². The first kappa shape index (κ1) is 16.5. The molecule has 0 radical (unpaired) electrons. The van der Waals surface area contributed by atoms with Crippen molar-refractivity contribution in [3.8, 4) is 0 Å². The second kappa shape index (κ2) is 6.48. The number of thiophene rings is 1. The van der Waals surface area contributed by atoms with Gasteiger partial charge in [-0.3, -0.25) is 9.59 Å². The number of amides is 2. The van der Waals surface area contributed by atoms with E-state index in [4.69, 9.17) is 5.11 Å².